The first-order chi connectivity index (χ1) is 18.3. The molecule has 2 N–H and O–H groups in total. The Morgan fingerprint density at radius 1 is 1.08 bits per heavy atom. The van der Waals surface area contributed by atoms with Gasteiger partial charge in [0.1, 0.15) is 17.2 Å². The number of hydrogen-bond donors (Lipinski definition) is 2. The molecule has 206 valence electrons. The number of carboxylic acid groups (broad SMARTS) is 1. The number of aromatic nitrogens is 2. The standard InChI is InChI=1S/C25H24FN3O3.C2HF3O2/c1-15-11-19-22(30)14-25(32-23(19)12-16(15)2)6-9-29(10-7-25)24(31)18-13-17(3-4-20(18)26)21-5-8-27-28-21;3-2(4,5)1(6)7/h3-5,8,11-13H,6-7,9-10,14H2,1-2H3,(H,27,28);(H,6,7). The number of carbonyl (C=O) groups excluding carboxylic acids is 2. The Balaban J connectivity index is 0.000000448. The van der Waals surface area contributed by atoms with E-state index < -0.39 is 23.6 Å². The second-order valence-corrected chi connectivity index (χ2v) is 9.57. The van der Waals surface area contributed by atoms with E-state index in [1.165, 1.54) is 6.07 Å². The molecule has 1 saturated heterocycles. The number of carboxylic acids is 1. The largest absolute Gasteiger partial charge is 0.490 e. The smallest absolute Gasteiger partial charge is 0.486 e. The van der Waals surface area contributed by atoms with Gasteiger partial charge in [-0.25, -0.2) is 9.18 Å². The Labute approximate surface area is 220 Å². The molecule has 2 aromatic carbocycles. The van der Waals surface area contributed by atoms with Gasteiger partial charge in [0.15, 0.2) is 5.78 Å². The van der Waals surface area contributed by atoms with Crippen molar-refractivity contribution in [2.75, 3.05) is 13.1 Å². The van der Waals surface area contributed by atoms with Gasteiger partial charge in [-0.2, -0.15) is 18.3 Å². The number of ketones is 1. The first kappa shape index (κ1) is 27.8. The molecule has 12 heteroatoms. The molecular formula is C27H25F4N3O5. The number of hydrogen-bond acceptors (Lipinski definition) is 5. The van der Waals surface area contributed by atoms with E-state index in [-0.39, 0.29) is 17.3 Å². The van der Waals surface area contributed by atoms with Crippen molar-refractivity contribution in [1.82, 2.24) is 15.1 Å². The first-order valence-corrected chi connectivity index (χ1v) is 12.0. The molecular weight excluding hydrogens is 522 g/mol. The lowest BCUT2D eigenvalue weighted by Gasteiger charge is -2.44. The summed E-state index contributed by atoms with van der Waals surface area (Å²) in [5, 5.41) is 14.0. The van der Waals surface area contributed by atoms with Crippen LogP contribution in [0, 0.1) is 19.7 Å². The summed E-state index contributed by atoms with van der Waals surface area (Å²) in [5.41, 5.74) is 3.51. The van der Waals surface area contributed by atoms with E-state index >= 15 is 0 Å². The molecule has 3 heterocycles. The van der Waals surface area contributed by atoms with Crippen LogP contribution >= 0.6 is 0 Å². The lowest BCUT2D eigenvalue weighted by Crippen LogP contribution is -2.52. The highest BCUT2D eigenvalue weighted by molar-refractivity contribution is 6.01. The quantitative estimate of drug-likeness (QED) is 0.432. The Hall–Kier alpha value is -4.22. The minimum atomic E-state index is -5.08. The number of aromatic amines is 1. The number of alkyl halides is 3. The minimum Gasteiger partial charge on any atom is -0.486 e. The minimum absolute atomic E-state index is 0.0264. The summed E-state index contributed by atoms with van der Waals surface area (Å²) in [5.74, 6) is -2.97. The summed E-state index contributed by atoms with van der Waals surface area (Å²) in [7, 11) is 0. The van der Waals surface area contributed by atoms with Crippen LogP contribution < -0.4 is 4.74 Å². The predicted molar refractivity (Wildman–Crippen MR) is 131 cm³/mol. The predicted octanol–water partition coefficient (Wildman–Crippen LogP) is 5.11. The zero-order valence-corrected chi connectivity index (χ0v) is 21.1. The average Bonchev–Trinajstić information content (AvgIpc) is 3.41. The molecule has 0 atom stereocenters. The highest BCUT2D eigenvalue weighted by Crippen LogP contribution is 2.40. The van der Waals surface area contributed by atoms with Crippen molar-refractivity contribution in [3.8, 4) is 17.0 Å². The van der Waals surface area contributed by atoms with Crippen molar-refractivity contribution in [2.45, 2.75) is 44.9 Å². The molecule has 1 amide bonds. The van der Waals surface area contributed by atoms with Crippen LogP contribution in [0.3, 0.4) is 0 Å². The molecule has 0 bridgehead atoms. The number of nitrogens with one attached hydrogen (secondary N) is 1. The molecule has 1 spiro atoms. The van der Waals surface area contributed by atoms with Gasteiger partial charge >= 0.3 is 12.1 Å². The van der Waals surface area contributed by atoms with Crippen LogP contribution in [0.4, 0.5) is 17.6 Å². The van der Waals surface area contributed by atoms with E-state index in [0.717, 1.165) is 11.1 Å². The zero-order valence-electron chi connectivity index (χ0n) is 21.1. The fourth-order valence-electron chi connectivity index (χ4n) is 4.59. The van der Waals surface area contributed by atoms with Crippen molar-refractivity contribution in [2.24, 2.45) is 0 Å². The van der Waals surface area contributed by atoms with Crippen molar-refractivity contribution in [3.05, 3.63) is 70.7 Å². The number of H-pyrrole nitrogens is 1. The van der Waals surface area contributed by atoms with Crippen molar-refractivity contribution in [1.29, 1.82) is 0 Å². The van der Waals surface area contributed by atoms with Crippen LogP contribution in [-0.2, 0) is 4.79 Å². The normalized spacial score (nSPS) is 16.2. The third-order valence-electron chi connectivity index (χ3n) is 6.90. The molecule has 0 radical (unpaired) electrons. The summed E-state index contributed by atoms with van der Waals surface area (Å²) < 4.78 is 52.6. The third-order valence-corrected chi connectivity index (χ3v) is 6.90. The number of nitrogens with zero attached hydrogens (tertiary/aromatic N) is 2. The zero-order chi connectivity index (χ0) is 28.5. The van der Waals surface area contributed by atoms with E-state index in [1.54, 1.807) is 29.3 Å². The van der Waals surface area contributed by atoms with E-state index in [9.17, 15) is 27.2 Å². The fraction of sp³-hybridized carbons (Fsp3) is 0.333. The summed E-state index contributed by atoms with van der Waals surface area (Å²) in [6.07, 6.45) is -2.06. The number of aryl methyl sites for hydroxylation is 2. The van der Waals surface area contributed by atoms with Crippen LogP contribution in [0.25, 0.3) is 11.3 Å². The molecule has 3 aromatic rings. The Morgan fingerprint density at radius 3 is 2.31 bits per heavy atom. The third kappa shape index (κ3) is 5.94. The first-order valence-electron chi connectivity index (χ1n) is 12.0. The van der Waals surface area contributed by atoms with Crippen LogP contribution in [0.15, 0.2) is 42.6 Å². The van der Waals surface area contributed by atoms with Gasteiger partial charge in [-0.3, -0.25) is 14.7 Å². The molecule has 0 saturated carbocycles. The SMILES string of the molecule is Cc1cc2c(cc1C)C(=O)CC1(CCN(C(=O)c3cc(-c4cc[nH]n4)ccc3F)CC1)O2.O=C(O)C(F)(F)F. The van der Waals surface area contributed by atoms with Crippen molar-refractivity contribution >= 4 is 17.7 Å². The molecule has 2 aliphatic heterocycles. The van der Waals surface area contributed by atoms with E-state index in [0.29, 0.717) is 54.9 Å². The second kappa shape index (κ2) is 10.5. The van der Waals surface area contributed by atoms with Gasteiger partial charge in [0.2, 0.25) is 0 Å². The van der Waals surface area contributed by atoms with Crippen molar-refractivity contribution < 1.29 is 41.8 Å². The topological polar surface area (TPSA) is 113 Å². The molecule has 1 fully saturated rings. The fourth-order valence-corrected chi connectivity index (χ4v) is 4.59. The lowest BCUT2D eigenvalue weighted by atomic mass is 9.81. The van der Waals surface area contributed by atoms with Crippen LogP contribution in [0.1, 0.15) is 51.1 Å². The average molecular weight is 548 g/mol. The Kier molecular flexibility index (Phi) is 7.49. The van der Waals surface area contributed by atoms with Gasteiger partial charge in [0.05, 0.1) is 23.2 Å². The second-order valence-electron chi connectivity index (χ2n) is 9.57. The van der Waals surface area contributed by atoms with Gasteiger partial charge in [0.25, 0.3) is 5.91 Å². The maximum Gasteiger partial charge on any atom is 0.490 e. The number of Topliss-reactive ketones (excluding diaryl/α,β-unsaturated/α-hetero) is 1. The molecule has 0 unspecified atom stereocenters. The molecule has 0 aliphatic carbocycles. The lowest BCUT2D eigenvalue weighted by molar-refractivity contribution is -0.192. The monoisotopic (exact) mass is 547 g/mol. The number of carbonyl (C=O) groups is 3. The number of rotatable bonds is 2. The Bertz CT molecular complexity index is 1410. The van der Waals surface area contributed by atoms with Crippen LogP contribution in [0.5, 0.6) is 5.75 Å². The Morgan fingerprint density at radius 2 is 1.72 bits per heavy atom. The maximum absolute atomic E-state index is 14.5. The number of benzene rings is 2. The van der Waals surface area contributed by atoms with Crippen molar-refractivity contribution in [3.63, 3.8) is 0 Å². The molecule has 2 aliphatic rings. The van der Waals surface area contributed by atoms with Crippen LogP contribution in [0.2, 0.25) is 0 Å². The number of fused-ring (bicyclic) bond motifs is 1. The van der Waals surface area contributed by atoms with E-state index in [2.05, 4.69) is 10.2 Å². The number of halogens is 4. The van der Waals surface area contributed by atoms with Gasteiger partial charge in [-0.15, -0.1) is 0 Å². The van der Waals surface area contributed by atoms with Crippen LogP contribution in [-0.4, -0.2) is 62.7 Å². The number of piperidine rings is 1. The summed E-state index contributed by atoms with van der Waals surface area (Å²) >= 11 is 0. The number of likely N-dealkylation sites (tertiary alicyclic amines) is 1. The summed E-state index contributed by atoms with van der Waals surface area (Å²) in [4.78, 5) is 36.5. The molecule has 8 nitrogen and oxygen atoms in total. The summed E-state index contributed by atoms with van der Waals surface area (Å²) in [6, 6.07) is 10.0. The molecule has 1 aromatic heterocycles. The van der Waals surface area contributed by atoms with E-state index in [1.807, 2.05) is 26.0 Å². The number of ether oxygens (including phenoxy) is 1. The van der Waals surface area contributed by atoms with E-state index in [4.69, 9.17) is 14.6 Å². The number of amides is 1. The number of aliphatic carboxylic acids is 1. The van der Waals surface area contributed by atoms with Gasteiger partial charge < -0.3 is 14.7 Å². The highest BCUT2D eigenvalue weighted by Gasteiger charge is 2.44. The summed E-state index contributed by atoms with van der Waals surface area (Å²) in [6.45, 7) is 4.78. The van der Waals surface area contributed by atoms with Gasteiger partial charge in [-0.05, 0) is 61.4 Å². The van der Waals surface area contributed by atoms with Gasteiger partial charge in [-0.1, -0.05) is 0 Å². The van der Waals surface area contributed by atoms with Gasteiger partial charge in [0, 0.05) is 37.7 Å². The highest BCUT2D eigenvalue weighted by atomic mass is 19.4. The molecule has 5 rings (SSSR count). The molecule has 39 heavy (non-hydrogen) atoms. The maximum atomic E-state index is 14.5.